The Morgan fingerprint density at radius 1 is 1.23 bits per heavy atom. The molecule has 0 aromatic heterocycles. The molecular formula is C17H28N2O6S. The summed E-state index contributed by atoms with van der Waals surface area (Å²) in [5, 5.41) is 9.56. The second-order valence-corrected chi connectivity index (χ2v) is 10.4. The summed E-state index contributed by atoms with van der Waals surface area (Å²) in [6.07, 6.45) is 1.85. The minimum atomic E-state index is -3.79. The number of ether oxygens (including phenoxy) is 2. The van der Waals surface area contributed by atoms with Gasteiger partial charge in [-0.15, -0.1) is 0 Å². The van der Waals surface area contributed by atoms with Crippen molar-refractivity contribution >= 4 is 27.4 Å². The van der Waals surface area contributed by atoms with Crippen LogP contribution in [0.2, 0.25) is 0 Å². The smallest absolute Gasteiger partial charge is 0.247 e. The van der Waals surface area contributed by atoms with Gasteiger partial charge in [0, 0.05) is 25.5 Å². The minimum absolute atomic E-state index is 0.0883. The molecule has 0 spiro atoms. The number of rotatable bonds is 6. The highest BCUT2D eigenvalue weighted by Gasteiger charge is 2.47. The van der Waals surface area contributed by atoms with Crippen molar-refractivity contribution < 1.29 is 27.5 Å². The maximum Gasteiger partial charge on any atom is 0.247 e. The number of hydrogen-bond donors (Lipinski definition) is 2. The molecule has 0 bridgehead atoms. The summed E-state index contributed by atoms with van der Waals surface area (Å²) >= 11 is 0. The number of amides is 2. The lowest BCUT2D eigenvalue weighted by molar-refractivity contribution is -0.131. The topological polar surface area (TPSA) is 123 Å². The first-order chi connectivity index (χ1) is 12.0. The van der Waals surface area contributed by atoms with Gasteiger partial charge in [-0.2, -0.15) is 0 Å². The molecule has 9 heteroatoms. The number of carbonyl (C=O) groups is 2. The summed E-state index contributed by atoms with van der Waals surface area (Å²) in [5.41, 5.74) is -0.699. The Bertz CT molecular complexity index is 673. The summed E-state index contributed by atoms with van der Waals surface area (Å²) < 4.78 is 34.6. The number of nitrogens with one attached hydrogen (secondary N) is 2. The van der Waals surface area contributed by atoms with Crippen molar-refractivity contribution in [1.82, 2.24) is 5.32 Å². The zero-order valence-electron chi connectivity index (χ0n) is 15.6. The molecule has 0 aliphatic carbocycles. The zero-order valence-corrected chi connectivity index (χ0v) is 16.4. The first-order valence-corrected chi connectivity index (χ1v) is 10.4. The fraction of sp³-hybridized carbons (Fsp3) is 0.824. The van der Waals surface area contributed by atoms with Gasteiger partial charge in [0.15, 0.2) is 9.84 Å². The molecule has 8 nitrogen and oxygen atoms in total. The van der Waals surface area contributed by atoms with Crippen LogP contribution >= 0.6 is 0 Å². The van der Waals surface area contributed by atoms with E-state index in [0.717, 1.165) is 6.42 Å². The van der Waals surface area contributed by atoms with Crippen LogP contribution in [0.5, 0.6) is 0 Å². The van der Waals surface area contributed by atoms with Gasteiger partial charge < -0.3 is 14.9 Å². The Balaban J connectivity index is 2.00. The summed E-state index contributed by atoms with van der Waals surface area (Å²) in [5.74, 6) is -1.55. The van der Waals surface area contributed by atoms with Gasteiger partial charge in [-0.25, -0.2) is 8.42 Å². The summed E-state index contributed by atoms with van der Waals surface area (Å²) in [6, 6.07) is 0. The third kappa shape index (κ3) is 4.15. The lowest BCUT2D eigenvalue weighted by atomic mass is 9.94. The third-order valence-corrected chi connectivity index (χ3v) is 8.27. The summed E-state index contributed by atoms with van der Waals surface area (Å²) in [7, 11) is -3.79. The molecule has 2 saturated heterocycles. The van der Waals surface area contributed by atoms with Crippen LogP contribution in [0, 0.1) is 5.41 Å². The van der Waals surface area contributed by atoms with E-state index in [1.54, 1.807) is 6.92 Å². The van der Waals surface area contributed by atoms with Crippen LogP contribution in [-0.2, 0) is 28.9 Å². The normalized spacial score (nSPS) is 25.0. The first-order valence-electron chi connectivity index (χ1n) is 8.88. The van der Waals surface area contributed by atoms with Crippen molar-refractivity contribution in [1.29, 1.82) is 5.41 Å². The molecular weight excluding hydrogens is 360 g/mol. The van der Waals surface area contributed by atoms with E-state index in [2.05, 4.69) is 5.32 Å². The third-order valence-electron chi connectivity index (χ3n) is 5.31. The molecule has 2 rings (SSSR count). The van der Waals surface area contributed by atoms with Crippen LogP contribution < -0.4 is 5.32 Å². The largest absolute Gasteiger partial charge is 0.381 e. The van der Waals surface area contributed by atoms with Crippen molar-refractivity contribution in [3.05, 3.63) is 0 Å². The number of hydrogen-bond acceptors (Lipinski definition) is 7. The molecule has 2 aliphatic heterocycles. The van der Waals surface area contributed by atoms with Gasteiger partial charge in [-0.1, -0.05) is 0 Å². The molecule has 26 heavy (non-hydrogen) atoms. The van der Waals surface area contributed by atoms with Gasteiger partial charge in [0.25, 0.3) is 0 Å². The molecule has 2 fully saturated rings. The molecule has 1 atom stereocenters. The predicted molar refractivity (Wildman–Crippen MR) is 95.9 cm³/mol. The first kappa shape index (κ1) is 21.0. The Morgan fingerprint density at radius 2 is 1.85 bits per heavy atom. The monoisotopic (exact) mass is 388 g/mol. The fourth-order valence-electron chi connectivity index (χ4n) is 3.22. The van der Waals surface area contributed by atoms with E-state index in [9.17, 15) is 18.0 Å². The Labute approximate surface area is 154 Å². The van der Waals surface area contributed by atoms with Gasteiger partial charge in [-0.3, -0.25) is 14.9 Å². The fourth-order valence-corrected chi connectivity index (χ4v) is 5.17. The van der Waals surface area contributed by atoms with Crippen molar-refractivity contribution in [2.45, 2.75) is 68.5 Å². The molecule has 0 aromatic carbocycles. The van der Waals surface area contributed by atoms with Gasteiger partial charge in [-0.05, 0) is 46.5 Å². The highest BCUT2D eigenvalue weighted by Crippen LogP contribution is 2.29. The van der Waals surface area contributed by atoms with E-state index in [4.69, 9.17) is 14.9 Å². The maximum atomic E-state index is 12.8. The summed E-state index contributed by atoms with van der Waals surface area (Å²) in [6.45, 7) is 5.60. The van der Waals surface area contributed by atoms with Gasteiger partial charge in [0.05, 0.1) is 11.7 Å². The van der Waals surface area contributed by atoms with Crippen LogP contribution in [-0.4, -0.2) is 61.4 Å². The van der Waals surface area contributed by atoms with E-state index in [1.807, 2.05) is 0 Å². The van der Waals surface area contributed by atoms with E-state index < -0.39 is 37.2 Å². The second kappa shape index (κ2) is 7.74. The molecule has 0 radical (unpaired) electrons. The molecule has 0 saturated carbocycles. The second-order valence-electron chi connectivity index (χ2n) is 7.58. The maximum absolute atomic E-state index is 12.8. The predicted octanol–water partition coefficient (Wildman–Crippen LogP) is 0.981. The Hall–Kier alpha value is -1.32. The number of carbonyl (C=O) groups excluding carboxylic acids is 2. The lowest BCUT2D eigenvalue weighted by Crippen LogP contribution is -2.54. The Kier molecular flexibility index (Phi) is 6.24. The van der Waals surface area contributed by atoms with Gasteiger partial charge >= 0.3 is 0 Å². The van der Waals surface area contributed by atoms with E-state index in [0.29, 0.717) is 39.1 Å². The van der Waals surface area contributed by atoms with Crippen molar-refractivity contribution in [3.8, 4) is 0 Å². The standard InChI is InChI=1S/C17H28N2O6S/c1-16(2,26(22,23)12-5-9-24-10-6-12)15(21)19-14(20)11-13(18)17(3)7-4-8-25-17/h12,18H,4-11H2,1-3H3,(H,19,20,21). The molecule has 0 aromatic rings. The highest BCUT2D eigenvalue weighted by atomic mass is 32.2. The average molecular weight is 388 g/mol. The average Bonchev–Trinajstić information content (AvgIpc) is 3.03. The number of imide groups is 1. The van der Waals surface area contributed by atoms with Crippen LogP contribution in [0.1, 0.15) is 52.9 Å². The van der Waals surface area contributed by atoms with E-state index >= 15 is 0 Å². The van der Waals surface area contributed by atoms with Crippen LogP contribution in [0.3, 0.4) is 0 Å². The summed E-state index contributed by atoms with van der Waals surface area (Å²) in [4.78, 5) is 24.7. The molecule has 2 amide bonds. The SMILES string of the molecule is CC1(C(=N)CC(=O)NC(=O)C(C)(C)S(=O)(=O)C2CCOCC2)CCCO1. The van der Waals surface area contributed by atoms with E-state index in [-0.39, 0.29) is 12.1 Å². The quantitative estimate of drug-likeness (QED) is 0.654. The molecule has 2 aliphatic rings. The van der Waals surface area contributed by atoms with Crippen LogP contribution in [0.25, 0.3) is 0 Å². The lowest BCUT2D eigenvalue weighted by Gasteiger charge is -2.31. The van der Waals surface area contributed by atoms with Gasteiger partial charge in [0.1, 0.15) is 10.3 Å². The van der Waals surface area contributed by atoms with E-state index in [1.165, 1.54) is 13.8 Å². The molecule has 2 N–H and O–H groups in total. The zero-order chi connectivity index (χ0) is 19.6. The van der Waals surface area contributed by atoms with Crippen LogP contribution in [0.15, 0.2) is 0 Å². The van der Waals surface area contributed by atoms with Gasteiger partial charge in [0.2, 0.25) is 11.8 Å². The molecule has 148 valence electrons. The van der Waals surface area contributed by atoms with Crippen molar-refractivity contribution in [2.24, 2.45) is 0 Å². The molecule has 1 unspecified atom stereocenters. The van der Waals surface area contributed by atoms with Crippen molar-refractivity contribution in [2.75, 3.05) is 19.8 Å². The Morgan fingerprint density at radius 3 is 2.38 bits per heavy atom. The van der Waals surface area contributed by atoms with Crippen molar-refractivity contribution in [3.63, 3.8) is 0 Å². The molecule has 2 heterocycles. The minimum Gasteiger partial charge on any atom is -0.381 e. The highest BCUT2D eigenvalue weighted by molar-refractivity contribution is 7.94. The number of sulfone groups is 1. The van der Waals surface area contributed by atoms with Crippen LogP contribution in [0.4, 0.5) is 0 Å².